The first-order valence-corrected chi connectivity index (χ1v) is 6.67. The first-order chi connectivity index (χ1) is 8.77. The maximum Gasteiger partial charge on any atom is 0.466 e. The normalized spacial score (nSPS) is 12.1. The summed E-state index contributed by atoms with van der Waals surface area (Å²) in [6, 6.07) is 7.14. The van der Waals surface area contributed by atoms with E-state index in [4.69, 9.17) is 38.9 Å². The molecule has 1 unspecified atom stereocenters. The molecule has 0 aliphatic carbocycles. The van der Waals surface area contributed by atoms with Crippen molar-refractivity contribution in [2.45, 2.75) is 6.10 Å². The van der Waals surface area contributed by atoms with Crippen molar-refractivity contribution >= 4 is 7.82 Å². The maximum absolute atomic E-state index is 9.07. The number of rotatable bonds is 5. The molecule has 0 aromatic heterocycles. The molecular formula is C10H17O8P. The van der Waals surface area contributed by atoms with Crippen LogP contribution in [0, 0.1) is 0 Å². The van der Waals surface area contributed by atoms with Crippen LogP contribution in [0.4, 0.5) is 0 Å². The van der Waals surface area contributed by atoms with E-state index in [2.05, 4.69) is 0 Å². The fraction of sp³-hybridized carbons (Fsp3) is 0.400. The Morgan fingerprint density at radius 2 is 1.68 bits per heavy atom. The van der Waals surface area contributed by atoms with E-state index in [9.17, 15) is 0 Å². The van der Waals surface area contributed by atoms with E-state index in [1.54, 1.807) is 19.2 Å². The summed E-state index contributed by atoms with van der Waals surface area (Å²) in [5.74, 6) is 1.17. The van der Waals surface area contributed by atoms with Crippen LogP contribution >= 0.6 is 7.82 Å². The number of hydrogen-bond acceptors (Lipinski definition) is 5. The van der Waals surface area contributed by atoms with Crippen LogP contribution in [0.15, 0.2) is 24.3 Å². The minimum Gasteiger partial charge on any atom is -0.493 e. The van der Waals surface area contributed by atoms with E-state index in [-0.39, 0.29) is 13.2 Å². The van der Waals surface area contributed by atoms with Gasteiger partial charge in [0.05, 0.1) is 13.7 Å². The predicted molar refractivity (Wildman–Crippen MR) is 65.8 cm³/mol. The minimum absolute atomic E-state index is 0.0525. The Balaban J connectivity index is 0.000000555. The lowest BCUT2D eigenvalue weighted by Crippen LogP contribution is -2.21. The molecule has 8 nitrogen and oxygen atoms in total. The second-order valence-corrected chi connectivity index (χ2v) is 4.34. The monoisotopic (exact) mass is 296 g/mol. The summed E-state index contributed by atoms with van der Waals surface area (Å²) in [5.41, 5.74) is 0. The second-order valence-electron chi connectivity index (χ2n) is 3.31. The van der Waals surface area contributed by atoms with E-state index in [0.29, 0.717) is 11.5 Å². The molecule has 0 saturated heterocycles. The number of aliphatic hydroxyl groups excluding tert-OH is 2. The van der Waals surface area contributed by atoms with Crippen molar-refractivity contribution < 1.29 is 38.9 Å². The smallest absolute Gasteiger partial charge is 0.466 e. The summed E-state index contributed by atoms with van der Waals surface area (Å²) in [4.78, 5) is 21.6. The highest BCUT2D eigenvalue weighted by Crippen LogP contribution is 2.26. The molecular weight excluding hydrogens is 279 g/mol. The van der Waals surface area contributed by atoms with Gasteiger partial charge in [-0.3, -0.25) is 0 Å². The predicted octanol–water partition coefficient (Wildman–Crippen LogP) is -0.501. The molecule has 0 aliphatic rings. The van der Waals surface area contributed by atoms with Crippen molar-refractivity contribution in [2.24, 2.45) is 0 Å². The SMILES string of the molecule is COc1ccccc1OCC(O)CO.O=P(O)(O)O. The molecule has 0 spiro atoms. The van der Waals surface area contributed by atoms with Crippen molar-refractivity contribution in [3.63, 3.8) is 0 Å². The lowest BCUT2D eigenvalue weighted by molar-refractivity contribution is 0.0527. The van der Waals surface area contributed by atoms with E-state index in [0.717, 1.165) is 0 Å². The fourth-order valence-corrected chi connectivity index (χ4v) is 0.977. The summed E-state index contributed by atoms with van der Waals surface area (Å²) >= 11 is 0. The van der Waals surface area contributed by atoms with E-state index in [1.165, 1.54) is 0 Å². The van der Waals surface area contributed by atoms with Crippen molar-refractivity contribution in [1.29, 1.82) is 0 Å². The van der Waals surface area contributed by atoms with Crippen LogP contribution in [0.1, 0.15) is 0 Å². The van der Waals surface area contributed by atoms with Crippen LogP contribution in [0.25, 0.3) is 0 Å². The van der Waals surface area contributed by atoms with E-state index >= 15 is 0 Å². The molecule has 0 bridgehead atoms. The highest BCUT2D eigenvalue weighted by atomic mass is 31.2. The molecule has 5 N–H and O–H groups in total. The van der Waals surface area contributed by atoms with Crippen molar-refractivity contribution in [3.8, 4) is 11.5 Å². The summed E-state index contributed by atoms with van der Waals surface area (Å²) in [5, 5.41) is 17.6. The molecule has 0 fully saturated rings. The van der Waals surface area contributed by atoms with Gasteiger partial charge >= 0.3 is 7.82 Å². The molecule has 0 radical (unpaired) electrons. The number of ether oxygens (including phenoxy) is 2. The molecule has 0 heterocycles. The number of hydrogen-bond donors (Lipinski definition) is 5. The van der Waals surface area contributed by atoms with Gasteiger partial charge in [0.2, 0.25) is 0 Å². The van der Waals surface area contributed by atoms with Crippen LogP contribution < -0.4 is 9.47 Å². The Labute approximate surface area is 110 Å². The third-order valence-electron chi connectivity index (χ3n) is 1.71. The average molecular weight is 296 g/mol. The molecule has 110 valence electrons. The highest BCUT2D eigenvalue weighted by molar-refractivity contribution is 7.45. The quantitative estimate of drug-likeness (QED) is 0.459. The molecule has 19 heavy (non-hydrogen) atoms. The van der Waals surface area contributed by atoms with Crippen LogP contribution in [0.3, 0.4) is 0 Å². The number of phosphoric acid groups is 1. The molecule has 1 aromatic carbocycles. The third kappa shape index (κ3) is 10.5. The van der Waals surface area contributed by atoms with Gasteiger partial charge in [-0.15, -0.1) is 0 Å². The lowest BCUT2D eigenvalue weighted by Gasteiger charge is -2.12. The molecule has 0 amide bonds. The van der Waals surface area contributed by atoms with Crippen LogP contribution in [-0.2, 0) is 4.57 Å². The van der Waals surface area contributed by atoms with Gasteiger partial charge in [0.15, 0.2) is 11.5 Å². The Kier molecular flexibility index (Phi) is 8.33. The Bertz CT molecular complexity index is 396. The van der Waals surface area contributed by atoms with Gasteiger partial charge in [-0.2, -0.15) is 0 Å². The highest BCUT2D eigenvalue weighted by Gasteiger charge is 2.06. The van der Waals surface area contributed by atoms with Gasteiger partial charge in [-0.25, -0.2) is 4.57 Å². The number of methoxy groups -OCH3 is 1. The Morgan fingerprint density at radius 1 is 1.21 bits per heavy atom. The van der Waals surface area contributed by atoms with Gasteiger partial charge in [-0.05, 0) is 12.1 Å². The summed E-state index contributed by atoms with van der Waals surface area (Å²) in [7, 11) is -3.09. The topological polar surface area (TPSA) is 137 Å². The van der Waals surface area contributed by atoms with Gasteiger partial charge in [0.1, 0.15) is 12.7 Å². The van der Waals surface area contributed by atoms with Crippen LogP contribution in [0.5, 0.6) is 11.5 Å². The fourth-order valence-electron chi connectivity index (χ4n) is 0.977. The molecule has 1 aromatic rings. The van der Waals surface area contributed by atoms with Crippen molar-refractivity contribution in [3.05, 3.63) is 24.3 Å². The molecule has 1 atom stereocenters. The van der Waals surface area contributed by atoms with Gasteiger partial charge < -0.3 is 34.4 Å². The van der Waals surface area contributed by atoms with Gasteiger partial charge in [-0.1, -0.05) is 12.1 Å². The van der Waals surface area contributed by atoms with Gasteiger partial charge in [0, 0.05) is 0 Å². The van der Waals surface area contributed by atoms with E-state index < -0.39 is 13.9 Å². The first kappa shape index (κ1) is 17.8. The number of aliphatic hydroxyl groups is 2. The minimum atomic E-state index is -4.64. The average Bonchev–Trinajstić information content (AvgIpc) is 2.34. The number of para-hydroxylation sites is 2. The number of benzene rings is 1. The molecule has 9 heteroatoms. The molecule has 0 aliphatic heterocycles. The van der Waals surface area contributed by atoms with Crippen LogP contribution in [0.2, 0.25) is 0 Å². The van der Waals surface area contributed by atoms with Crippen LogP contribution in [-0.4, -0.2) is 51.3 Å². The zero-order valence-electron chi connectivity index (χ0n) is 10.2. The second kappa shape index (κ2) is 8.87. The van der Waals surface area contributed by atoms with Crippen molar-refractivity contribution in [1.82, 2.24) is 0 Å². The Morgan fingerprint density at radius 3 is 2.11 bits per heavy atom. The summed E-state index contributed by atoms with van der Waals surface area (Å²) in [6.07, 6.45) is -0.861. The van der Waals surface area contributed by atoms with E-state index in [1.807, 2.05) is 12.1 Å². The Hall–Kier alpha value is -1.15. The summed E-state index contributed by atoms with van der Waals surface area (Å²) < 4.78 is 19.2. The summed E-state index contributed by atoms with van der Waals surface area (Å²) in [6.45, 7) is -0.258. The largest absolute Gasteiger partial charge is 0.493 e. The third-order valence-corrected chi connectivity index (χ3v) is 1.71. The first-order valence-electron chi connectivity index (χ1n) is 5.11. The lowest BCUT2D eigenvalue weighted by atomic mass is 10.3. The maximum atomic E-state index is 9.07. The zero-order chi connectivity index (χ0) is 14.9. The molecule has 0 saturated carbocycles. The standard InChI is InChI=1S/C10H14O4.H3O4P/c1-13-9-4-2-3-5-10(9)14-7-8(12)6-11;1-5(2,3)4/h2-5,8,11-12H,6-7H2,1H3;(H3,1,2,3,4). The van der Waals surface area contributed by atoms with Crippen molar-refractivity contribution in [2.75, 3.05) is 20.3 Å². The zero-order valence-corrected chi connectivity index (χ0v) is 11.1. The van der Waals surface area contributed by atoms with Gasteiger partial charge in [0.25, 0.3) is 0 Å². The molecule has 1 rings (SSSR count).